The zero-order chi connectivity index (χ0) is 14.5. The third-order valence-electron chi connectivity index (χ3n) is 2.52. The Bertz CT molecular complexity index is 612. The molecule has 2 aromatic rings. The number of carboxylic acid groups (broad SMARTS) is 1. The Hall–Kier alpha value is -2.41. The van der Waals surface area contributed by atoms with Gasteiger partial charge in [-0.2, -0.15) is 0 Å². The van der Waals surface area contributed by atoms with Crippen LogP contribution in [0, 0.1) is 0 Å². The van der Waals surface area contributed by atoms with Crippen LogP contribution in [-0.2, 0) is 11.3 Å². The van der Waals surface area contributed by atoms with Crippen molar-refractivity contribution in [2.45, 2.75) is 6.54 Å². The summed E-state index contributed by atoms with van der Waals surface area (Å²) in [6, 6.07) is 8.36. The van der Waals surface area contributed by atoms with Gasteiger partial charge >= 0.3 is 12.1 Å². The standard InChI is InChI=1S/C13H12N2O4S/c1-19-12(16)10-6-5-9(20-10)8-15(13(17)18)11-4-2-3-7-14-11/h2-7H,8H2,1H3,(H,17,18). The van der Waals surface area contributed by atoms with Crippen LogP contribution in [0.4, 0.5) is 10.6 Å². The summed E-state index contributed by atoms with van der Waals surface area (Å²) in [7, 11) is 1.30. The quantitative estimate of drug-likeness (QED) is 0.876. The van der Waals surface area contributed by atoms with Gasteiger partial charge in [-0.1, -0.05) is 6.07 Å². The summed E-state index contributed by atoms with van der Waals surface area (Å²) in [5, 5.41) is 9.25. The number of anilines is 1. The number of carbonyl (C=O) groups is 2. The number of methoxy groups -OCH3 is 1. The van der Waals surface area contributed by atoms with Crippen molar-refractivity contribution < 1.29 is 19.4 Å². The summed E-state index contributed by atoms with van der Waals surface area (Å²) >= 11 is 1.20. The molecule has 0 radical (unpaired) electrons. The molecule has 2 aromatic heterocycles. The molecule has 0 bridgehead atoms. The van der Waals surface area contributed by atoms with Gasteiger partial charge in [-0.25, -0.2) is 14.6 Å². The minimum Gasteiger partial charge on any atom is -0.465 e. The molecule has 104 valence electrons. The lowest BCUT2D eigenvalue weighted by atomic mass is 10.3. The fourth-order valence-corrected chi connectivity index (χ4v) is 2.50. The first-order valence-corrected chi connectivity index (χ1v) is 6.52. The summed E-state index contributed by atoms with van der Waals surface area (Å²) < 4.78 is 4.62. The van der Waals surface area contributed by atoms with Crippen molar-refractivity contribution in [2.24, 2.45) is 0 Å². The highest BCUT2D eigenvalue weighted by Crippen LogP contribution is 2.21. The highest BCUT2D eigenvalue weighted by Gasteiger charge is 2.18. The van der Waals surface area contributed by atoms with Crippen LogP contribution in [0.5, 0.6) is 0 Å². The zero-order valence-corrected chi connectivity index (χ0v) is 11.5. The Kier molecular flexibility index (Phi) is 4.31. The van der Waals surface area contributed by atoms with Crippen molar-refractivity contribution in [1.82, 2.24) is 4.98 Å². The molecular formula is C13H12N2O4S. The lowest BCUT2D eigenvalue weighted by molar-refractivity contribution is 0.0606. The van der Waals surface area contributed by atoms with Gasteiger partial charge in [0, 0.05) is 11.1 Å². The second-order valence-corrected chi connectivity index (χ2v) is 4.98. The lowest BCUT2D eigenvalue weighted by Gasteiger charge is -2.16. The molecule has 7 heteroatoms. The third kappa shape index (κ3) is 3.12. The van der Waals surface area contributed by atoms with Crippen molar-refractivity contribution in [3.05, 3.63) is 46.3 Å². The molecule has 20 heavy (non-hydrogen) atoms. The molecule has 0 spiro atoms. The van der Waals surface area contributed by atoms with Crippen LogP contribution in [0.1, 0.15) is 14.5 Å². The first kappa shape index (κ1) is 14.0. The topological polar surface area (TPSA) is 79.7 Å². The SMILES string of the molecule is COC(=O)c1ccc(CN(C(=O)O)c2ccccn2)s1. The normalized spacial score (nSPS) is 10.1. The Labute approximate surface area is 119 Å². The first-order valence-electron chi connectivity index (χ1n) is 5.70. The molecule has 0 atom stereocenters. The van der Waals surface area contributed by atoms with Gasteiger partial charge in [-0.3, -0.25) is 4.90 Å². The van der Waals surface area contributed by atoms with Gasteiger partial charge in [0.15, 0.2) is 0 Å². The highest BCUT2D eigenvalue weighted by molar-refractivity contribution is 7.13. The van der Waals surface area contributed by atoms with Crippen LogP contribution in [0.15, 0.2) is 36.5 Å². The van der Waals surface area contributed by atoms with Crippen molar-refractivity contribution in [3.8, 4) is 0 Å². The van der Waals surface area contributed by atoms with Crippen molar-refractivity contribution in [2.75, 3.05) is 12.0 Å². The molecule has 2 rings (SSSR count). The van der Waals surface area contributed by atoms with Crippen LogP contribution in [0.3, 0.4) is 0 Å². The van der Waals surface area contributed by atoms with E-state index in [-0.39, 0.29) is 6.54 Å². The van der Waals surface area contributed by atoms with Crippen molar-refractivity contribution >= 4 is 29.2 Å². The molecule has 0 unspecified atom stereocenters. The van der Waals surface area contributed by atoms with E-state index in [9.17, 15) is 14.7 Å². The second-order valence-electron chi connectivity index (χ2n) is 3.81. The molecule has 0 saturated heterocycles. The molecule has 0 fully saturated rings. The number of esters is 1. The van der Waals surface area contributed by atoms with Gasteiger partial charge in [-0.15, -0.1) is 11.3 Å². The number of nitrogens with zero attached hydrogens (tertiary/aromatic N) is 2. The Balaban J connectivity index is 2.19. The Morgan fingerprint density at radius 1 is 1.35 bits per heavy atom. The van der Waals surface area contributed by atoms with Gasteiger partial charge < -0.3 is 9.84 Å². The lowest BCUT2D eigenvalue weighted by Crippen LogP contribution is -2.28. The maximum absolute atomic E-state index is 11.4. The van der Waals surface area contributed by atoms with Crippen molar-refractivity contribution in [3.63, 3.8) is 0 Å². The monoisotopic (exact) mass is 292 g/mol. The van der Waals surface area contributed by atoms with Crippen LogP contribution >= 0.6 is 11.3 Å². The fraction of sp³-hybridized carbons (Fsp3) is 0.154. The van der Waals surface area contributed by atoms with E-state index in [2.05, 4.69) is 9.72 Å². The van der Waals surface area contributed by atoms with Crippen LogP contribution in [0.25, 0.3) is 0 Å². The molecule has 6 nitrogen and oxygen atoms in total. The number of hydrogen-bond donors (Lipinski definition) is 1. The maximum atomic E-state index is 11.4. The second kappa shape index (κ2) is 6.16. The van der Waals surface area contributed by atoms with Gasteiger partial charge in [0.2, 0.25) is 0 Å². The van der Waals surface area contributed by atoms with Crippen molar-refractivity contribution in [1.29, 1.82) is 0 Å². The molecule has 0 aliphatic carbocycles. The first-order chi connectivity index (χ1) is 9.61. The molecule has 1 amide bonds. The molecule has 1 N–H and O–H groups in total. The minimum atomic E-state index is -1.10. The summed E-state index contributed by atoms with van der Waals surface area (Å²) in [4.78, 5) is 29.0. The molecule has 0 aliphatic rings. The Morgan fingerprint density at radius 2 is 2.15 bits per heavy atom. The minimum absolute atomic E-state index is 0.133. The largest absolute Gasteiger partial charge is 0.465 e. The average Bonchev–Trinajstić information content (AvgIpc) is 2.93. The molecule has 0 aliphatic heterocycles. The van der Waals surface area contributed by atoms with E-state index in [1.165, 1.54) is 24.6 Å². The molecule has 0 saturated carbocycles. The van der Waals surface area contributed by atoms with Crippen LogP contribution < -0.4 is 4.90 Å². The van der Waals surface area contributed by atoms with E-state index in [1.807, 2.05) is 0 Å². The summed E-state index contributed by atoms with van der Waals surface area (Å²) in [6.07, 6.45) is 0.427. The van der Waals surface area contributed by atoms with E-state index in [0.717, 1.165) is 9.78 Å². The zero-order valence-electron chi connectivity index (χ0n) is 10.6. The van der Waals surface area contributed by atoms with E-state index < -0.39 is 12.1 Å². The number of pyridine rings is 1. The smallest absolute Gasteiger partial charge is 0.413 e. The van der Waals surface area contributed by atoms with Gasteiger partial charge in [-0.05, 0) is 24.3 Å². The van der Waals surface area contributed by atoms with E-state index in [4.69, 9.17) is 0 Å². The van der Waals surface area contributed by atoms with E-state index >= 15 is 0 Å². The summed E-state index contributed by atoms with van der Waals surface area (Å²) in [5.41, 5.74) is 0. The van der Waals surface area contributed by atoms with Crippen LogP contribution in [-0.4, -0.2) is 29.3 Å². The number of ether oxygens (including phenoxy) is 1. The fourth-order valence-electron chi connectivity index (χ4n) is 1.59. The number of aromatic nitrogens is 1. The van der Waals surface area contributed by atoms with Gasteiger partial charge in [0.05, 0.1) is 13.7 Å². The molecule has 0 aromatic carbocycles. The van der Waals surface area contributed by atoms with E-state index in [0.29, 0.717) is 10.7 Å². The summed E-state index contributed by atoms with van der Waals surface area (Å²) in [5.74, 6) is -0.0889. The number of thiophene rings is 1. The molecule has 2 heterocycles. The van der Waals surface area contributed by atoms with Crippen LogP contribution in [0.2, 0.25) is 0 Å². The predicted molar refractivity (Wildman–Crippen MR) is 74.1 cm³/mol. The molecular weight excluding hydrogens is 280 g/mol. The highest BCUT2D eigenvalue weighted by atomic mass is 32.1. The maximum Gasteiger partial charge on any atom is 0.413 e. The van der Waals surface area contributed by atoms with Gasteiger partial charge in [0.25, 0.3) is 0 Å². The predicted octanol–water partition coefficient (Wildman–Crippen LogP) is 2.61. The number of hydrogen-bond acceptors (Lipinski definition) is 5. The number of amides is 1. The van der Waals surface area contributed by atoms with E-state index in [1.54, 1.807) is 30.3 Å². The average molecular weight is 292 g/mol. The Morgan fingerprint density at radius 3 is 2.75 bits per heavy atom. The third-order valence-corrected chi connectivity index (χ3v) is 3.57. The number of carbonyl (C=O) groups excluding carboxylic acids is 1. The van der Waals surface area contributed by atoms with Gasteiger partial charge in [0.1, 0.15) is 10.7 Å². The number of rotatable bonds is 4. The summed E-state index contributed by atoms with van der Waals surface area (Å²) in [6.45, 7) is 0.133.